The first-order chi connectivity index (χ1) is 10.0. The van der Waals surface area contributed by atoms with Crippen LogP contribution in [0, 0.1) is 10.1 Å². The summed E-state index contributed by atoms with van der Waals surface area (Å²) >= 11 is 0. The zero-order chi connectivity index (χ0) is 15.0. The molecule has 0 amide bonds. The number of hydrogen-bond donors (Lipinski definition) is 0. The van der Waals surface area contributed by atoms with Gasteiger partial charge in [0.15, 0.2) is 5.78 Å². The van der Waals surface area contributed by atoms with E-state index in [-0.39, 0.29) is 17.6 Å². The monoisotopic (exact) mass is 283 g/mol. The highest BCUT2D eigenvalue weighted by atomic mass is 16.6. The molecule has 0 saturated heterocycles. The lowest BCUT2D eigenvalue weighted by atomic mass is 10.00. The molecular formula is C16H13NO4. The van der Waals surface area contributed by atoms with Crippen molar-refractivity contribution in [3.05, 3.63) is 69.3 Å². The first-order valence-corrected chi connectivity index (χ1v) is 6.63. The smallest absolute Gasteiger partial charge is 0.269 e. The third-order valence-corrected chi connectivity index (χ3v) is 3.50. The molecule has 5 nitrogen and oxygen atoms in total. The average molecular weight is 283 g/mol. The van der Waals surface area contributed by atoms with Crippen molar-refractivity contribution in [1.29, 1.82) is 0 Å². The van der Waals surface area contributed by atoms with Crippen LogP contribution in [0.1, 0.15) is 28.4 Å². The molecule has 106 valence electrons. The lowest BCUT2D eigenvalue weighted by molar-refractivity contribution is -0.384. The van der Waals surface area contributed by atoms with E-state index < -0.39 is 4.92 Å². The molecule has 2 aromatic rings. The van der Waals surface area contributed by atoms with E-state index in [1.165, 1.54) is 24.3 Å². The minimum absolute atomic E-state index is 0.0253. The minimum Gasteiger partial charge on any atom is -0.490 e. The maximum absolute atomic E-state index is 12.4. The summed E-state index contributed by atoms with van der Waals surface area (Å²) in [6.45, 7) is 1.98. The fourth-order valence-corrected chi connectivity index (χ4v) is 2.46. The Hall–Kier alpha value is -2.69. The van der Waals surface area contributed by atoms with Crippen molar-refractivity contribution in [2.24, 2.45) is 0 Å². The summed E-state index contributed by atoms with van der Waals surface area (Å²) in [6, 6.07) is 11.0. The van der Waals surface area contributed by atoms with Crippen molar-refractivity contribution in [3.8, 4) is 5.75 Å². The van der Waals surface area contributed by atoms with E-state index in [0.29, 0.717) is 11.1 Å². The highest BCUT2D eigenvalue weighted by Gasteiger charge is 2.21. The molecule has 0 unspecified atom stereocenters. The van der Waals surface area contributed by atoms with E-state index in [2.05, 4.69) is 0 Å². The number of nitrogens with zero attached hydrogens (tertiary/aromatic N) is 1. The van der Waals surface area contributed by atoms with Gasteiger partial charge in [-0.15, -0.1) is 0 Å². The van der Waals surface area contributed by atoms with Crippen molar-refractivity contribution in [2.75, 3.05) is 0 Å². The second kappa shape index (κ2) is 5.01. The number of rotatable bonds is 3. The van der Waals surface area contributed by atoms with E-state index in [9.17, 15) is 14.9 Å². The van der Waals surface area contributed by atoms with Crippen LogP contribution in [-0.2, 0) is 6.42 Å². The number of non-ortho nitro benzene ring substituents is 1. The van der Waals surface area contributed by atoms with Crippen LogP contribution in [0.15, 0.2) is 42.5 Å². The lowest BCUT2D eigenvalue weighted by Gasteiger charge is -2.04. The summed E-state index contributed by atoms with van der Waals surface area (Å²) < 4.78 is 5.60. The Kier molecular flexibility index (Phi) is 3.17. The molecule has 1 aliphatic heterocycles. The second-order valence-electron chi connectivity index (χ2n) is 5.09. The van der Waals surface area contributed by atoms with Crippen molar-refractivity contribution in [2.45, 2.75) is 19.4 Å². The molecule has 0 saturated carbocycles. The summed E-state index contributed by atoms with van der Waals surface area (Å²) in [5, 5.41) is 10.6. The highest BCUT2D eigenvalue weighted by Crippen LogP contribution is 2.30. The van der Waals surface area contributed by atoms with Gasteiger partial charge in [0.25, 0.3) is 5.69 Å². The number of nitro groups is 1. The van der Waals surface area contributed by atoms with Gasteiger partial charge in [-0.1, -0.05) is 0 Å². The third-order valence-electron chi connectivity index (χ3n) is 3.50. The number of hydrogen-bond acceptors (Lipinski definition) is 4. The average Bonchev–Trinajstić information content (AvgIpc) is 2.85. The maximum atomic E-state index is 12.4. The first kappa shape index (κ1) is 13.3. The first-order valence-electron chi connectivity index (χ1n) is 6.63. The maximum Gasteiger partial charge on any atom is 0.269 e. The molecule has 0 radical (unpaired) electrons. The van der Waals surface area contributed by atoms with E-state index >= 15 is 0 Å². The van der Waals surface area contributed by atoms with Gasteiger partial charge >= 0.3 is 0 Å². The normalized spacial score (nSPS) is 16.1. The molecule has 0 fully saturated rings. The fraction of sp³-hybridized carbons (Fsp3) is 0.188. The van der Waals surface area contributed by atoms with Gasteiger partial charge in [0.2, 0.25) is 0 Å². The summed E-state index contributed by atoms with van der Waals surface area (Å²) in [5.74, 6) is 0.676. The molecule has 0 aliphatic carbocycles. The Labute approximate surface area is 121 Å². The van der Waals surface area contributed by atoms with Crippen LogP contribution >= 0.6 is 0 Å². The number of carbonyl (C=O) groups excluding carboxylic acids is 1. The van der Waals surface area contributed by atoms with Gasteiger partial charge in [0, 0.05) is 29.7 Å². The zero-order valence-corrected chi connectivity index (χ0v) is 11.4. The van der Waals surface area contributed by atoms with E-state index in [1.54, 1.807) is 12.1 Å². The standard InChI is InChI=1S/C16H13NO4/c1-10-8-13-9-12(4-7-15(13)21-10)16(18)11-2-5-14(6-3-11)17(19)20/h2-7,9-10H,8H2,1H3/t10-/m1/s1. The zero-order valence-electron chi connectivity index (χ0n) is 11.4. The molecule has 3 rings (SSSR count). The van der Waals surface area contributed by atoms with E-state index in [1.807, 2.05) is 13.0 Å². The molecule has 1 aliphatic rings. The molecule has 1 atom stereocenters. The van der Waals surface area contributed by atoms with Crippen LogP contribution in [0.5, 0.6) is 5.75 Å². The Morgan fingerprint density at radius 2 is 1.86 bits per heavy atom. The largest absolute Gasteiger partial charge is 0.490 e. The summed E-state index contributed by atoms with van der Waals surface area (Å²) in [5.41, 5.74) is 2.01. The molecular weight excluding hydrogens is 270 g/mol. The number of carbonyl (C=O) groups is 1. The van der Waals surface area contributed by atoms with Crippen molar-refractivity contribution < 1.29 is 14.5 Å². The SMILES string of the molecule is C[C@@H]1Cc2cc(C(=O)c3ccc([N+](=O)[O-])cc3)ccc2O1. The quantitative estimate of drug-likeness (QED) is 0.493. The Bertz CT molecular complexity index is 722. The van der Waals surface area contributed by atoms with Gasteiger partial charge < -0.3 is 4.74 Å². The van der Waals surface area contributed by atoms with E-state index in [4.69, 9.17) is 4.74 Å². The fourth-order valence-electron chi connectivity index (χ4n) is 2.46. The Morgan fingerprint density at radius 3 is 2.52 bits per heavy atom. The molecule has 1 heterocycles. The van der Waals surface area contributed by atoms with Crippen LogP contribution in [0.4, 0.5) is 5.69 Å². The van der Waals surface area contributed by atoms with Gasteiger partial charge in [0.1, 0.15) is 11.9 Å². The predicted molar refractivity (Wildman–Crippen MR) is 76.8 cm³/mol. The number of ketones is 1. The molecule has 2 aromatic carbocycles. The second-order valence-corrected chi connectivity index (χ2v) is 5.09. The number of benzene rings is 2. The molecule has 0 aromatic heterocycles. The highest BCUT2D eigenvalue weighted by molar-refractivity contribution is 6.09. The summed E-state index contributed by atoms with van der Waals surface area (Å²) in [7, 11) is 0. The number of nitro benzene ring substituents is 1. The number of ether oxygens (including phenoxy) is 1. The summed E-state index contributed by atoms with van der Waals surface area (Å²) in [4.78, 5) is 22.5. The third kappa shape index (κ3) is 2.50. The van der Waals surface area contributed by atoms with Crippen LogP contribution in [0.3, 0.4) is 0 Å². The van der Waals surface area contributed by atoms with Crippen molar-refractivity contribution >= 4 is 11.5 Å². The van der Waals surface area contributed by atoms with E-state index in [0.717, 1.165) is 17.7 Å². The minimum atomic E-state index is -0.484. The lowest BCUT2D eigenvalue weighted by Crippen LogP contribution is -2.05. The van der Waals surface area contributed by atoms with Gasteiger partial charge in [-0.2, -0.15) is 0 Å². The molecule has 0 bridgehead atoms. The van der Waals surface area contributed by atoms with Gasteiger partial charge in [-0.05, 0) is 42.8 Å². The molecule has 21 heavy (non-hydrogen) atoms. The van der Waals surface area contributed by atoms with Crippen molar-refractivity contribution in [3.63, 3.8) is 0 Å². The van der Waals surface area contributed by atoms with Gasteiger partial charge in [0.05, 0.1) is 4.92 Å². The summed E-state index contributed by atoms with van der Waals surface area (Å²) in [6.07, 6.45) is 0.918. The topological polar surface area (TPSA) is 69.4 Å². The predicted octanol–water partition coefficient (Wildman–Crippen LogP) is 3.15. The van der Waals surface area contributed by atoms with Crippen LogP contribution < -0.4 is 4.74 Å². The molecule has 5 heteroatoms. The van der Waals surface area contributed by atoms with Crippen LogP contribution in [0.2, 0.25) is 0 Å². The van der Waals surface area contributed by atoms with Crippen LogP contribution in [-0.4, -0.2) is 16.8 Å². The number of fused-ring (bicyclic) bond motifs is 1. The van der Waals surface area contributed by atoms with Gasteiger partial charge in [-0.3, -0.25) is 14.9 Å². The van der Waals surface area contributed by atoms with Crippen molar-refractivity contribution in [1.82, 2.24) is 0 Å². The Balaban J connectivity index is 1.89. The Morgan fingerprint density at radius 1 is 1.19 bits per heavy atom. The molecule has 0 spiro atoms. The van der Waals surface area contributed by atoms with Gasteiger partial charge in [-0.25, -0.2) is 0 Å². The molecule has 0 N–H and O–H groups in total. The van der Waals surface area contributed by atoms with Crippen LogP contribution in [0.25, 0.3) is 0 Å².